The van der Waals surface area contributed by atoms with Gasteiger partial charge in [-0.15, -0.1) is 0 Å². The number of hydrogen-bond acceptors (Lipinski definition) is 1. The van der Waals surface area contributed by atoms with E-state index in [1.807, 2.05) is 0 Å². The molecule has 0 saturated heterocycles. The molecule has 2 nitrogen and oxygen atoms in total. The molecule has 5 heteroatoms. The minimum absolute atomic E-state index is 0.142. The lowest BCUT2D eigenvalue weighted by atomic mass is 10.2. The van der Waals surface area contributed by atoms with Gasteiger partial charge in [0.2, 0.25) is 0 Å². The van der Waals surface area contributed by atoms with Crippen LogP contribution in [-0.4, -0.2) is 29.6 Å². The van der Waals surface area contributed by atoms with Crippen molar-refractivity contribution >= 4 is 5.91 Å². The summed E-state index contributed by atoms with van der Waals surface area (Å²) in [6, 6.07) is -0.200. The maximum Gasteiger partial charge on any atom is 0.471 e. The van der Waals surface area contributed by atoms with Crippen molar-refractivity contribution in [3.05, 3.63) is 0 Å². The van der Waals surface area contributed by atoms with Crippen LogP contribution in [0.25, 0.3) is 0 Å². The molecule has 0 aromatic heterocycles. The summed E-state index contributed by atoms with van der Waals surface area (Å²) in [4.78, 5) is 11.9. The van der Waals surface area contributed by atoms with Gasteiger partial charge in [0.05, 0.1) is 0 Å². The Labute approximate surface area is 81.1 Å². The molecule has 0 atom stereocenters. The maximum absolute atomic E-state index is 12.1. The Morgan fingerprint density at radius 3 is 2.21 bits per heavy atom. The Kier molecular flexibility index (Phi) is 3.39. The van der Waals surface area contributed by atoms with E-state index < -0.39 is 12.1 Å². The first-order chi connectivity index (χ1) is 6.46. The van der Waals surface area contributed by atoms with E-state index in [0.29, 0.717) is 12.8 Å². The van der Waals surface area contributed by atoms with Crippen LogP contribution in [-0.2, 0) is 4.79 Å². The zero-order chi connectivity index (χ0) is 10.8. The van der Waals surface area contributed by atoms with Gasteiger partial charge in [-0.25, -0.2) is 0 Å². The van der Waals surface area contributed by atoms with Crippen molar-refractivity contribution in [2.45, 2.75) is 44.8 Å². The van der Waals surface area contributed by atoms with Crippen LogP contribution in [0.2, 0.25) is 0 Å². The van der Waals surface area contributed by atoms with E-state index in [1.54, 1.807) is 6.92 Å². The van der Waals surface area contributed by atoms with Crippen molar-refractivity contribution in [2.24, 2.45) is 0 Å². The van der Waals surface area contributed by atoms with Gasteiger partial charge in [-0.3, -0.25) is 4.79 Å². The van der Waals surface area contributed by atoms with Gasteiger partial charge < -0.3 is 4.90 Å². The molecule has 0 bridgehead atoms. The van der Waals surface area contributed by atoms with E-state index in [-0.39, 0.29) is 12.6 Å². The smallest absolute Gasteiger partial charge is 0.332 e. The molecule has 0 aromatic carbocycles. The number of halogens is 3. The lowest BCUT2D eigenvalue weighted by Gasteiger charge is -2.28. The molecule has 1 amide bonds. The summed E-state index contributed by atoms with van der Waals surface area (Å²) in [6.07, 6.45) is -1.47. The zero-order valence-electron chi connectivity index (χ0n) is 8.10. The third-order valence-corrected chi connectivity index (χ3v) is 2.61. The predicted octanol–water partition coefficient (Wildman–Crippen LogP) is 2.34. The van der Waals surface area contributed by atoms with Crippen LogP contribution in [0, 0.1) is 0 Å². The average molecular weight is 209 g/mol. The highest BCUT2D eigenvalue weighted by atomic mass is 19.4. The molecule has 0 heterocycles. The fourth-order valence-corrected chi connectivity index (χ4v) is 1.95. The van der Waals surface area contributed by atoms with Gasteiger partial charge in [0, 0.05) is 12.6 Å². The highest BCUT2D eigenvalue weighted by molar-refractivity contribution is 5.82. The monoisotopic (exact) mass is 209 g/mol. The highest BCUT2D eigenvalue weighted by Gasteiger charge is 2.44. The highest BCUT2D eigenvalue weighted by Crippen LogP contribution is 2.27. The summed E-state index contributed by atoms with van der Waals surface area (Å²) < 4.78 is 36.4. The van der Waals surface area contributed by atoms with E-state index in [9.17, 15) is 18.0 Å². The third-order valence-electron chi connectivity index (χ3n) is 2.61. The SMILES string of the molecule is CCN(C(=O)C(F)(F)F)C1CCCC1. The molecule has 0 radical (unpaired) electrons. The molecule has 14 heavy (non-hydrogen) atoms. The number of carbonyl (C=O) groups is 1. The first kappa shape index (κ1) is 11.3. The Morgan fingerprint density at radius 2 is 1.86 bits per heavy atom. The molecular weight excluding hydrogens is 195 g/mol. The van der Waals surface area contributed by atoms with Gasteiger partial charge in [-0.05, 0) is 19.8 Å². The topological polar surface area (TPSA) is 20.3 Å². The summed E-state index contributed by atoms with van der Waals surface area (Å²) in [5.41, 5.74) is 0. The van der Waals surface area contributed by atoms with Crippen LogP contribution >= 0.6 is 0 Å². The first-order valence-corrected chi connectivity index (χ1v) is 4.84. The lowest BCUT2D eigenvalue weighted by Crippen LogP contribution is -2.45. The van der Waals surface area contributed by atoms with Crippen LogP contribution in [0.3, 0.4) is 0 Å². The number of alkyl halides is 3. The summed E-state index contributed by atoms with van der Waals surface area (Å²) in [6.45, 7) is 1.73. The zero-order valence-corrected chi connectivity index (χ0v) is 8.10. The quantitative estimate of drug-likeness (QED) is 0.683. The summed E-state index contributed by atoms with van der Waals surface area (Å²) in [5, 5.41) is 0. The number of rotatable bonds is 2. The van der Waals surface area contributed by atoms with E-state index in [0.717, 1.165) is 17.7 Å². The Balaban J connectivity index is 2.65. The van der Waals surface area contributed by atoms with Crippen molar-refractivity contribution in [2.75, 3.05) is 6.54 Å². The van der Waals surface area contributed by atoms with Gasteiger partial charge in [0.1, 0.15) is 0 Å². The van der Waals surface area contributed by atoms with Crippen LogP contribution in [0.1, 0.15) is 32.6 Å². The second-order valence-electron chi connectivity index (χ2n) is 3.53. The van der Waals surface area contributed by atoms with Crippen molar-refractivity contribution in [3.8, 4) is 0 Å². The molecule has 1 rings (SSSR count). The van der Waals surface area contributed by atoms with E-state index in [4.69, 9.17) is 0 Å². The Morgan fingerprint density at radius 1 is 1.36 bits per heavy atom. The second kappa shape index (κ2) is 4.19. The van der Waals surface area contributed by atoms with Crippen molar-refractivity contribution < 1.29 is 18.0 Å². The maximum atomic E-state index is 12.1. The number of hydrogen-bond donors (Lipinski definition) is 0. The average Bonchev–Trinajstić information content (AvgIpc) is 2.57. The molecule has 0 spiro atoms. The molecule has 1 aliphatic rings. The van der Waals surface area contributed by atoms with Gasteiger partial charge in [0.15, 0.2) is 0 Å². The fraction of sp³-hybridized carbons (Fsp3) is 0.889. The van der Waals surface area contributed by atoms with Gasteiger partial charge in [-0.2, -0.15) is 13.2 Å². The lowest BCUT2D eigenvalue weighted by molar-refractivity contribution is -0.187. The van der Waals surface area contributed by atoms with Gasteiger partial charge >= 0.3 is 12.1 Å². The molecule has 1 fully saturated rings. The van der Waals surface area contributed by atoms with Crippen molar-refractivity contribution in [3.63, 3.8) is 0 Å². The van der Waals surface area contributed by atoms with Crippen molar-refractivity contribution in [1.82, 2.24) is 4.90 Å². The summed E-state index contributed by atoms with van der Waals surface area (Å²) in [7, 11) is 0. The van der Waals surface area contributed by atoms with Crippen molar-refractivity contribution in [1.29, 1.82) is 0 Å². The first-order valence-electron chi connectivity index (χ1n) is 4.84. The standard InChI is InChI=1S/C9H14F3NO/c1-2-13(7-5-3-4-6-7)8(14)9(10,11)12/h7H,2-6H2,1H3. The summed E-state index contributed by atoms with van der Waals surface area (Å²) in [5.74, 6) is -1.69. The molecule has 0 unspecified atom stereocenters. The Bertz CT molecular complexity index is 209. The number of carbonyl (C=O) groups excluding carboxylic acids is 1. The van der Waals surface area contributed by atoms with Crippen LogP contribution in [0.15, 0.2) is 0 Å². The predicted molar refractivity (Wildman–Crippen MR) is 45.7 cm³/mol. The molecule has 0 aromatic rings. The fourth-order valence-electron chi connectivity index (χ4n) is 1.95. The van der Waals surface area contributed by atoms with E-state index in [1.165, 1.54) is 0 Å². The Hall–Kier alpha value is -0.740. The second-order valence-corrected chi connectivity index (χ2v) is 3.53. The molecule has 0 N–H and O–H groups in total. The van der Waals surface area contributed by atoms with Gasteiger partial charge in [-0.1, -0.05) is 12.8 Å². The van der Waals surface area contributed by atoms with Crippen LogP contribution in [0.5, 0.6) is 0 Å². The molecule has 0 aliphatic heterocycles. The molecule has 1 aliphatic carbocycles. The molecule has 82 valence electrons. The number of nitrogens with zero attached hydrogens (tertiary/aromatic N) is 1. The normalized spacial score (nSPS) is 18.6. The van der Waals surface area contributed by atoms with Gasteiger partial charge in [0.25, 0.3) is 0 Å². The summed E-state index contributed by atoms with van der Waals surface area (Å²) >= 11 is 0. The molecular formula is C9H14F3NO. The largest absolute Gasteiger partial charge is 0.471 e. The van der Waals surface area contributed by atoms with Crippen LogP contribution in [0.4, 0.5) is 13.2 Å². The number of amides is 1. The minimum Gasteiger partial charge on any atom is -0.332 e. The third kappa shape index (κ3) is 2.39. The minimum atomic E-state index is -4.72. The van der Waals surface area contributed by atoms with E-state index in [2.05, 4.69) is 0 Å². The molecule has 1 saturated carbocycles. The van der Waals surface area contributed by atoms with E-state index >= 15 is 0 Å². The van der Waals surface area contributed by atoms with Crippen LogP contribution < -0.4 is 0 Å².